The SMILES string of the molecule is O=C(Nc1cc(Cl)c(O)c(Cl)c1)c1ccc(Br)cc1Cl. The molecule has 2 aromatic rings. The summed E-state index contributed by atoms with van der Waals surface area (Å²) in [5.74, 6) is -0.631. The number of carbonyl (C=O) groups is 1. The maximum atomic E-state index is 12.1. The van der Waals surface area contributed by atoms with Crippen LogP contribution in [0.3, 0.4) is 0 Å². The Morgan fingerprint density at radius 3 is 2.20 bits per heavy atom. The zero-order valence-electron chi connectivity index (χ0n) is 9.75. The minimum atomic E-state index is -0.402. The van der Waals surface area contributed by atoms with E-state index in [1.165, 1.54) is 12.1 Å². The minimum absolute atomic E-state index is 0.0507. The molecule has 104 valence electrons. The van der Waals surface area contributed by atoms with Crippen LogP contribution in [0.15, 0.2) is 34.8 Å². The van der Waals surface area contributed by atoms with Gasteiger partial charge >= 0.3 is 0 Å². The summed E-state index contributed by atoms with van der Waals surface area (Å²) in [6, 6.07) is 7.71. The average molecular weight is 395 g/mol. The van der Waals surface area contributed by atoms with Crippen molar-refractivity contribution in [3.63, 3.8) is 0 Å². The van der Waals surface area contributed by atoms with Crippen LogP contribution in [-0.4, -0.2) is 11.0 Å². The van der Waals surface area contributed by atoms with Gasteiger partial charge in [0.2, 0.25) is 0 Å². The lowest BCUT2D eigenvalue weighted by atomic mass is 10.2. The van der Waals surface area contributed by atoms with Gasteiger partial charge in [-0.1, -0.05) is 50.7 Å². The van der Waals surface area contributed by atoms with E-state index >= 15 is 0 Å². The van der Waals surface area contributed by atoms with Gasteiger partial charge in [-0.25, -0.2) is 0 Å². The van der Waals surface area contributed by atoms with Gasteiger partial charge < -0.3 is 10.4 Å². The van der Waals surface area contributed by atoms with Crippen LogP contribution in [0.5, 0.6) is 5.75 Å². The third-order valence-corrected chi connectivity index (χ3v) is 3.83. The predicted molar refractivity (Wildman–Crippen MR) is 85.2 cm³/mol. The van der Waals surface area contributed by atoms with Crippen LogP contribution < -0.4 is 5.32 Å². The Balaban J connectivity index is 2.28. The maximum Gasteiger partial charge on any atom is 0.257 e. The number of hydrogen-bond acceptors (Lipinski definition) is 2. The fraction of sp³-hybridized carbons (Fsp3) is 0. The van der Waals surface area contributed by atoms with Crippen molar-refractivity contribution in [2.75, 3.05) is 5.32 Å². The molecule has 0 atom stereocenters. The Hall–Kier alpha value is -0.940. The number of benzene rings is 2. The highest BCUT2D eigenvalue weighted by Gasteiger charge is 2.13. The van der Waals surface area contributed by atoms with E-state index in [0.29, 0.717) is 16.3 Å². The number of phenols is 1. The fourth-order valence-electron chi connectivity index (χ4n) is 1.51. The molecule has 2 N–H and O–H groups in total. The van der Waals surface area contributed by atoms with Crippen molar-refractivity contribution >= 4 is 62.3 Å². The topological polar surface area (TPSA) is 49.3 Å². The standard InChI is InChI=1S/C13H7BrCl3NO2/c14-6-1-2-8(9(15)3-6)13(20)18-7-4-10(16)12(19)11(17)5-7/h1-5,19H,(H,18,20). The molecule has 7 heteroatoms. The molecule has 0 bridgehead atoms. The van der Waals surface area contributed by atoms with Crippen LogP contribution in [0, 0.1) is 0 Å². The van der Waals surface area contributed by atoms with E-state index in [2.05, 4.69) is 21.2 Å². The lowest BCUT2D eigenvalue weighted by Gasteiger charge is -2.09. The summed E-state index contributed by atoms with van der Waals surface area (Å²) < 4.78 is 0.773. The summed E-state index contributed by atoms with van der Waals surface area (Å²) >= 11 is 20.8. The molecule has 0 aliphatic heterocycles. The van der Waals surface area contributed by atoms with Gasteiger partial charge in [0.25, 0.3) is 5.91 Å². The number of anilines is 1. The maximum absolute atomic E-state index is 12.1. The van der Waals surface area contributed by atoms with E-state index in [1.54, 1.807) is 18.2 Å². The molecular weight excluding hydrogens is 388 g/mol. The molecule has 0 aliphatic carbocycles. The van der Waals surface area contributed by atoms with Gasteiger partial charge in [0, 0.05) is 10.2 Å². The first-order chi connectivity index (χ1) is 9.38. The summed E-state index contributed by atoms with van der Waals surface area (Å²) in [5, 5.41) is 12.5. The molecule has 0 spiro atoms. The minimum Gasteiger partial charge on any atom is -0.505 e. The van der Waals surface area contributed by atoms with Crippen molar-refractivity contribution in [3.8, 4) is 5.75 Å². The number of nitrogens with one attached hydrogen (secondary N) is 1. The molecule has 0 radical (unpaired) electrons. The number of phenolic OH excluding ortho intramolecular Hbond substituents is 1. The third-order valence-electron chi connectivity index (χ3n) is 2.45. The normalized spacial score (nSPS) is 10.4. The van der Waals surface area contributed by atoms with Crippen molar-refractivity contribution < 1.29 is 9.90 Å². The highest BCUT2D eigenvalue weighted by atomic mass is 79.9. The number of hydrogen-bond donors (Lipinski definition) is 2. The Bertz CT molecular complexity index is 668. The van der Waals surface area contributed by atoms with Crippen LogP contribution in [0.4, 0.5) is 5.69 Å². The molecule has 2 rings (SSSR count). The van der Waals surface area contributed by atoms with E-state index in [1.807, 2.05) is 0 Å². The molecule has 3 nitrogen and oxygen atoms in total. The zero-order valence-corrected chi connectivity index (χ0v) is 13.6. The molecule has 0 unspecified atom stereocenters. The first-order valence-corrected chi connectivity index (χ1v) is 7.25. The fourth-order valence-corrected chi connectivity index (χ4v) is 2.76. The number of carbonyl (C=O) groups excluding carboxylic acids is 1. The molecule has 1 amide bonds. The molecule has 0 heterocycles. The predicted octanol–water partition coefficient (Wildman–Crippen LogP) is 5.37. The van der Waals surface area contributed by atoms with E-state index in [9.17, 15) is 9.90 Å². The molecule has 2 aromatic carbocycles. The summed E-state index contributed by atoms with van der Waals surface area (Å²) in [4.78, 5) is 12.1. The van der Waals surface area contributed by atoms with Crippen molar-refractivity contribution in [2.45, 2.75) is 0 Å². The van der Waals surface area contributed by atoms with Crippen molar-refractivity contribution in [1.29, 1.82) is 0 Å². The zero-order chi connectivity index (χ0) is 14.9. The van der Waals surface area contributed by atoms with E-state index in [-0.39, 0.29) is 15.8 Å². The second kappa shape index (κ2) is 6.22. The van der Waals surface area contributed by atoms with Gasteiger partial charge in [-0.15, -0.1) is 0 Å². The van der Waals surface area contributed by atoms with Crippen LogP contribution in [0.1, 0.15) is 10.4 Å². The smallest absolute Gasteiger partial charge is 0.257 e. The first kappa shape index (κ1) is 15.4. The van der Waals surface area contributed by atoms with Crippen LogP contribution in [0.2, 0.25) is 15.1 Å². The second-order valence-electron chi connectivity index (χ2n) is 3.87. The number of amides is 1. The van der Waals surface area contributed by atoms with Gasteiger partial charge in [-0.2, -0.15) is 0 Å². The molecular formula is C13H7BrCl3NO2. The van der Waals surface area contributed by atoms with Crippen molar-refractivity contribution in [1.82, 2.24) is 0 Å². The summed E-state index contributed by atoms with van der Waals surface area (Å²) in [6.07, 6.45) is 0. The van der Waals surface area contributed by atoms with E-state index < -0.39 is 5.91 Å². The largest absolute Gasteiger partial charge is 0.505 e. The summed E-state index contributed by atoms with van der Waals surface area (Å²) in [5.41, 5.74) is 0.678. The highest BCUT2D eigenvalue weighted by Crippen LogP contribution is 2.35. The third kappa shape index (κ3) is 3.38. The van der Waals surface area contributed by atoms with Gasteiger partial charge in [0.1, 0.15) is 0 Å². The van der Waals surface area contributed by atoms with Gasteiger partial charge in [0.15, 0.2) is 5.75 Å². The first-order valence-electron chi connectivity index (χ1n) is 5.33. The molecule has 0 fully saturated rings. The summed E-state index contributed by atoms with van der Waals surface area (Å²) in [7, 11) is 0. The van der Waals surface area contributed by atoms with E-state index in [4.69, 9.17) is 34.8 Å². The Morgan fingerprint density at radius 2 is 1.65 bits per heavy atom. The lowest BCUT2D eigenvalue weighted by molar-refractivity contribution is 0.102. The van der Waals surface area contributed by atoms with Gasteiger partial charge in [-0.05, 0) is 30.3 Å². The van der Waals surface area contributed by atoms with Crippen LogP contribution in [-0.2, 0) is 0 Å². The molecule has 20 heavy (non-hydrogen) atoms. The molecule has 0 saturated heterocycles. The molecule has 0 aromatic heterocycles. The Morgan fingerprint density at radius 1 is 1.05 bits per heavy atom. The van der Waals surface area contributed by atoms with Crippen LogP contribution in [0.25, 0.3) is 0 Å². The van der Waals surface area contributed by atoms with Gasteiger partial charge in [0.05, 0.1) is 20.6 Å². The second-order valence-corrected chi connectivity index (χ2v) is 6.00. The number of halogens is 4. The molecule has 0 aliphatic rings. The van der Waals surface area contributed by atoms with Crippen molar-refractivity contribution in [2.24, 2.45) is 0 Å². The highest BCUT2D eigenvalue weighted by molar-refractivity contribution is 9.10. The molecule has 0 saturated carbocycles. The van der Waals surface area contributed by atoms with Crippen molar-refractivity contribution in [3.05, 3.63) is 55.4 Å². The average Bonchev–Trinajstić information content (AvgIpc) is 2.35. The van der Waals surface area contributed by atoms with Crippen LogP contribution >= 0.6 is 50.7 Å². The Labute approximate surface area is 138 Å². The van der Waals surface area contributed by atoms with E-state index in [0.717, 1.165) is 4.47 Å². The number of rotatable bonds is 2. The quantitative estimate of drug-likeness (QED) is 0.672. The summed E-state index contributed by atoms with van der Waals surface area (Å²) in [6.45, 7) is 0. The van der Waals surface area contributed by atoms with Gasteiger partial charge in [-0.3, -0.25) is 4.79 Å². The lowest BCUT2D eigenvalue weighted by Crippen LogP contribution is -2.12. The monoisotopic (exact) mass is 393 g/mol. The number of aromatic hydroxyl groups is 1. The Kier molecular flexibility index (Phi) is 4.81.